The normalized spacial score (nSPS) is 18.3. The van der Waals surface area contributed by atoms with Crippen LogP contribution in [0.1, 0.15) is 29.3 Å². The van der Waals surface area contributed by atoms with E-state index >= 15 is 0 Å². The van der Waals surface area contributed by atoms with Crippen molar-refractivity contribution in [2.24, 2.45) is 0 Å². The average Bonchev–Trinajstić information content (AvgIpc) is 2.84. The van der Waals surface area contributed by atoms with Gasteiger partial charge in [-0.15, -0.1) is 0 Å². The minimum atomic E-state index is -2.07. The number of nitrogens with zero attached hydrogens (tertiary/aromatic N) is 1. The van der Waals surface area contributed by atoms with E-state index in [4.69, 9.17) is 16.3 Å². The highest BCUT2D eigenvalue weighted by Gasteiger charge is 2.51. The minimum absolute atomic E-state index is 0.178. The van der Waals surface area contributed by atoms with Crippen LogP contribution in [0.5, 0.6) is 0 Å². The zero-order valence-electron chi connectivity index (χ0n) is 14.6. The fourth-order valence-electron chi connectivity index (χ4n) is 3.19. The van der Waals surface area contributed by atoms with Crippen molar-refractivity contribution in [2.45, 2.75) is 18.9 Å². The number of amides is 1. The van der Waals surface area contributed by atoms with Crippen molar-refractivity contribution >= 4 is 34.9 Å². The molecule has 2 aromatic carbocycles. The van der Waals surface area contributed by atoms with Gasteiger partial charge in [-0.05, 0) is 25.1 Å². The van der Waals surface area contributed by atoms with Crippen LogP contribution in [-0.2, 0) is 19.9 Å². The average molecular weight is 388 g/mol. The molecule has 1 heterocycles. The van der Waals surface area contributed by atoms with Crippen LogP contribution >= 0.6 is 11.6 Å². The van der Waals surface area contributed by atoms with Gasteiger partial charge in [0, 0.05) is 11.1 Å². The van der Waals surface area contributed by atoms with Gasteiger partial charge in [-0.25, -0.2) is 0 Å². The Labute approximate surface area is 161 Å². The maximum atomic E-state index is 13.0. The molecule has 27 heavy (non-hydrogen) atoms. The van der Waals surface area contributed by atoms with Crippen LogP contribution in [0.3, 0.4) is 0 Å². The molecule has 1 amide bonds. The second kappa shape index (κ2) is 7.50. The number of carbonyl (C=O) groups excluding carboxylic acids is 3. The van der Waals surface area contributed by atoms with Crippen molar-refractivity contribution in [3.05, 3.63) is 64.7 Å². The maximum absolute atomic E-state index is 13.0. The zero-order valence-corrected chi connectivity index (χ0v) is 15.4. The predicted octanol–water partition coefficient (Wildman–Crippen LogP) is 2.71. The number of esters is 1. The number of hydrogen-bond acceptors (Lipinski definition) is 5. The van der Waals surface area contributed by atoms with Gasteiger partial charge >= 0.3 is 5.97 Å². The third-order valence-corrected chi connectivity index (χ3v) is 4.75. The van der Waals surface area contributed by atoms with Gasteiger partial charge in [-0.2, -0.15) is 0 Å². The van der Waals surface area contributed by atoms with Crippen LogP contribution in [0.15, 0.2) is 48.5 Å². The number of ketones is 1. The van der Waals surface area contributed by atoms with Crippen molar-refractivity contribution in [2.75, 3.05) is 18.1 Å². The van der Waals surface area contributed by atoms with Gasteiger partial charge in [0.15, 0.2) is 11.4 Å². The first-order chi connectivity index (χ1) is 12.9. The van der Waals surface area contributed by atoms with E-state index in [0.29, 0.717) is 5.69 Å². The lowest BCUT2D eigenvalue weighted by Crippen LogP contribution is -2.44. The number of Topliss-reactive ketones (excluding diaryl/α,β-unsaturated/α-hetero) is 1. The number of halogens is 1. The summed E-state index contributed by atoms with van der Waals surface area (Å²) in [5.41, 5.74) is -1.19. The lowest BCUT2D eigenvalue weighted by atomic mass is 9.88. The van der Waals surface area contributed by atoms with E-state index in [1.54, 1.807) is 49.4 Å². The van der Waals surface area contributed by atoms with E-state index in [-0.39, 0.29) is 29.3 Å². The highest BCUT2D eigenvalue weighted by molar-refractivity contribution is 6.34. The number of anilines is 1. The molecule has 0 radical (unpaired) electrons. The third-order valence-electron chi connectivity index (χ3n) is 4.42. The van der Waals surface area contributed by atoms with Crippen molar-refractivity contribution in [3.63, 3.8) is 0 Å². The molecule has 2 aromatic rings. The summed E-state index contributed by atoms with van der Waals surface area (Å²) in [5.74, 6) is -1.80. The molecule has 140 valence electrons. The molecule has 1 aliphatic rings. The first-order valence-corrected chi connectivity index (χ1v) is 8.83. The first kappa shape index (κ1) is 19.1. The van der Waals surface area contributed by atoms with Crippen LogP contribution in [0.4, 0.5) is 5.69 Å². The number of aliphatic hydroxyl groups is 1. The van der Waals surface area contributed by atoms with E-state index in [2.05, 4.69) is 0 Å². The highest BCUT2D eigenvalue weighted by Crippen LogP contribution is 2.43. The number of ether oxygens (including phenoxy) is 1. The molecule has 0 bridgehead atoms. The number of hydrogen-bond donors (Lipinski definition) is 1. The maximum Gasteiger partial charge on any atom is 0.326 e. The van der Waals surface area contributed by atoms with E-state index in [1.807, 2.05) is 0 Å². The SMILES string of the molecule is CCOC(=O)CN1C(=O)[C@@](O)(CC(=O)c2ccccc2Cl)c2ccccc21. The Kier molecular flexibility index (Phi) is 5.30. The lowest BCUT2D eigenvalue weighted by molar-refractivity contribution is -0.144. The van der Waals surface area contributed by atoms with Gasteiger partial charge in [0.05, 0.1) is 23.7 Å². The molecule has 1 atom stereocenters. The predicted molar refractivity (Wildman–Crippen MR) is 99.7 cm³/mol. The van der Waals surface area contributed by atoms with Crippen molar-refractivity contribution in [1.82, 2.24) is 0 Å². The van der Waals surface area contributed by atoms with Gasteiger partial charge in [0.1, 0.15) is 6.54 Å². The quantitative estimate of drug-likeness (QED) is 0.608. The largest absolute Gasteiger partial charge is 0.465 e. The molecule has 6 nitrogen and oxygen atoms in total. The highest BCUT2D eigenvalue weighted by atomic mass is 35.5. The summed E-state index contributed by atoms with van der Waals surface area (Å²) in [5, 5.41) is 11.4. The Hall–Kier alpha value is -2.70. The van der Waals surface area contributed by atoms with Gasteiger partial charge < -0.3 is 9.84 Å². The Bertz CT molecular complexity index is 913. The molecular weight excluding hydrogens is 370 g/mol. The summed E-state index contributed by atoms with van der Waals surface area (Å²) in [4.78, 5) is 38.7. The summed E-state index contributed by atoms with van der Waals surface area (Å²) in [6.07, 6.45) is -0.480. The summed E-state index contributed by atoms with van der Waals surface area (Å²) in [6, 6.07) is 13.0. The molecule has 3 rings (SSSR count). The molecule has 0 unspecified atom stereocenters. The summed E-state index contributed by atoms with van der Waals surface area (Å²) in [6.45, 7) is 1.50. The third kappa shape index (κ3) is 3.46. The van der Waals surface area contributed by atoms with Crippen LogP contribution in [-0.4, -0.2) is 35.9 Å². The van der Waals surface area contributed by atoms with Gasteiger partial charge in [-0.1, -0.05) is 41.9 Å². The smallest absolute Gasteiger partial charge is 0.326 e. The summed E-state index contributed by atoms with van der Waals surface area (Å²) in [7, 11) is 0. The minimum Gasteiger partial charge on any atom is -0.465 e. The number of benzene rings is 2. The molecule has 1 N–H and O–H groups in total. The lowest BCUT2D eigenvalue weighted by Gasteiger charge is -2.22. The Balaban J connectivity index is 1.95. The molecule has 0 aromatic heterocycles. The van der Waals surface area contributed by atoms with E-state index in [0.717, 1.165) is 4.90 Å². The second-order valence-electron chi connectivity index (χ2n) is 6.15. The van der Waals surface area contributed by atoms with Crippen molar-refractivity contribution in [3.8, 4) is 0 Å². The molecule has 0 spiro atoms. The molecular formula is C20H18ClNO5. The monoisotopic (exact) mass is 387 g/mol. The second-order valence-corrected chi connectivity index (χ2v) is 6.56. The molecule has 0 saturated carbocycles. The van der Waals surface area contributed by atoms with E-state index in [1.165, 1.54) is 6.07 Å². The number of para-hydroxylation sites is 1. The van der Waals surface area contributed by atoms with E-state index < -0.39 is 29.7 Å². The number of fused-ring (bicyclic) bond motifs is 1. The fraction of sp³-hybridized carbons (Fsp3) is 0.250. The molecule has 7 heteroatoms. The van der Waals surface area contributed by atoms with Crippen molar-refractivity contribution in [1.29, 1.82) is 0 Å². The topological polar surface area (TPSA) is 83.9 Å². The molecule has 0 saturated heterocycles. The molecule has 0 aliphatic carbocycles. The number of carbonyl (C=O) groups is 3. The summed E-state index contributed by atoms with van der Waals surface area (Å²) >= 11 is 6.06. The van der Waals surface area contributed by atoms with Crippen LogP contribution in [0.2, 0.25) is 5.02 Å². The van der Waals surface area contributed by atoms with Crippen LogP contribution in [0, 0.1) is 0 Å². The molecule has 0 fully saturated rings. The van der Waals surface area contributed by atoms with Gasteiger partial charge in [-0.3, -0.25) is 19.3 Å². The van der Waals surface area contributed by atoms with Gasteiger partial charge in [0.25, 0.3) is 5.91 Å². The Morgan fingerprint density at radius 3 is 2.52 bits per heavy atom. The van der Waals surface area contributed by atoms with E-state index in [9.17, 15) is 19.5 Å². The Morgan fingerprint density at radius 2 is 1.81 bits per heavy atom. The standard InChI is InChI=1S/C20H18ClNO5/c1-2-27-18(24)12-22-16-10-6-4-8-14(16)20(26,19(22)25)11-17(23)13-7-3-5-9-15(13)21/h3-10,26H,2,11-12H2,1H3/t20-/m1/s1. The number of rotatable bonds is 6. The summed E-state index contributed by atoms with van der Waals surface area (Å²) < 4.78 is 4.90. The first-order valence-electron chi connectivity index (χ1n) is 8.45. The fourth-order valence-corrected chi connectivity index (χ4v) is 3.43. The molecule has 1 aliphatic heterocycles. The van der Waals surface area contributed by atoms with Crippen LogP contribution < -0.4 is 4.90 Å². The van der Waals surface area contributed by atoms with Crippen LogP contribution in [0.25, 0.3) is 0 Å². The van der Waals surface area contributed by atoms with Gasteiger partial charge in [0.2, 0.25) is 0 Å². The Morgan fingerprint density at radius 1 is 1.15 bits per heavy atom. The zero-order chi connectivity index (χ0) is 19.6. The van der Waals surface area contributed by atoms with Crippen molar-refractivity contribution < 1.29 is 24.2 Å².